The van der Waals surface area contributed by atoms with Crippen LogP contribution in [0.25, 0.3) is 0 Å². The van der Waals surface area contributed by atoms with Crippen molar-refractivity contribution in [2.45, 2.75) is 18.6 Å². The Morgan fingerprint density at radius 1 is 1.46 bits per heavy atom. The molecule has 0 aromatic rings. The highest BCUT2D eigenvalue weighted by Gasteiger charge is 2.21. The molecule has 4 heteroatoms. The monoisotopic (exact) mass is 201 g/mol. The average molecular weight is 201 g/mol. The Balaban J connectivity index is 2.66. The second-order valence-corrected chi connectivity index (χ2v) is 5.11. The fraction of sp³-hybridized carbons (Fsp3) is 0.667. The van der Waals surface area contributed by atoms with Crippen molar-refractivity contribution in [2.75, 3.05) is 13.2 Å². The normalized spacial score (nSPS) is 20.5. The zero-order chi connectivity index (χ0) is 9.90. The summed E-state index contributed by atoms with van der Waals surface area (Å²) in [6.45, 7) is 4.03. The van der Waals surface area contributed by atoms with Crippen molar-refractivity contribution < 1.29 is 10.2 Å². The van der Waals surface area contributed by atoms with Crippen LogP contribution in [0.1, 0.15) is 13.8 Å². The minimum absolute atomic E-state index is 0.0267. The molecule has 1 aliphatic heterocycles. The molecule has 1 rings (SSSR count). The summed E-state index contributed by atoms with van der Waals surface area (Å²) in [6, 6.07) is 0. The molecule has 0 aromatic heterocycles. The second-order valence-electron chi connectivity index (χ2n) is 3.58. The molecule has 0 unspecified atom stereocenters. The molecule has 3 nitrogen and oxygen atoms in total. The van der Waals surface area contributed by atoms with E-state index in [1.54, 1.807) is 11.8 Å². The zero-order valence-electron chi connectivity index (χ0n) is 7.90. The predicted molar refractivity (Wildman–Crippen MR) is 55.9 cm³/mol. The van der Waals surface area contributed by atoms with E-state index in [9.17, 15) is 0 Å². The molecule has 0 atom stereocenters. The van der Waals surface area contributed by atoms with E-state index in [2.05, 4.69) is 18.8 Å². The van der Waals surface area contributed by atoms with Gasteiger partial charge in [-0.1, -0.05) is 0 Å². The number of aliphatic hydroxyl groups is 2. The maximum absolute atomic E-state index is 8.92. The number of aliphatic imine (C=N–C) groups is 1. The average Bonchev–Trinajstić information content (AvgIpc) is 2.09. The van der Waals surface area contributed by atoms with Crippen LogP contribution >= 0.6 is 11.8 Å². The second kappa shape index (κ2) is 4.26. The van der Waals surface area contributed by atoms with Crippen molar-refractivity contribution in [1.82, 2.24) is 0 Å². The summed E-state index contributed by atoms with van der Waals surface area (Å²) in [4.78, 5) is 4.22. The quantitative estimate of drug-likeness (QED) is 0.717. The van der Waals surface area contributed by atoms with Crippen molar-refractivity contribution in [2.24, 2.45) is 10.9 Å². The van der Waals surface area contributed by atoms with E-state index in [1.807, 2.05) is 11.6 Å². The standard InChI is InChI=1S/C9H15NO2S/c1-9(2)6-10-8(5-13-9)7(3-11)4-12/h5-7,11-12H,3-4H2,1-2H3. The highest BCUT2D eigenvalue weighted by molar-refractivity contribution is 8.04. The first-order valence-corrected chi connectivity index (χ1v) is 5.12. The summed E-state index contributed by atoms with van der Waals surface area (Å²) in [7, 11) is 0. The molecule has 1 heterocycles. The van der Waals surface area contributed by atoms with Gasteiger partial charge in [-0.15, -0.1) is 11.8 Å². The number of rotatable bonds is 3. The first kappa shape index (κ1) is 10.8. The lowest BCUT2D eigenvalue weighted by Gasteiger charge is -2.23. The minimum Gasteiger partial charge on any atom is -0.396 e. The van der Waals surface area contributed by atoms with E-state index in [-0.39, 0.29) is 23.9 Å². The van der Waals surface area contributed by atoms with E-state index in [4.69, 9.17) is 10.2 Å². The van der Waals surface area contributed by atoms with Gasteiger partial charge in [-0.2, -0.15) is 0 Å². The summed E-state index contributed by atoms with van der Waals surface area (Å²) >= 11 is 1.65. The van der Waals surface area contributed by atoms with Crippen LogP contribution in [-0.2, 0) is 0 Å². The van der Waals surface area contributed by atoms with Gasteiger partial charge in [-0.25, -0.2) is 0 Å². The Kier molecular flexibility index (Phi) is 3.53. The van der Waals surface area contributed by atoms with Gasteiger partial charge in [0.2, 0.25) is 0 Å². The van der Waals surface area contributed by atoms with Gasteiger partial charge in [0.15, 0.2) is 0 Å². The molecular formula is C9H15NO2S. The van der Waals surface area contributed by atoms with E-state index in [1.165, 1.54) is 0 Å². The molecular weight excluding hydrogens is 186 g/mol. The fourth-order valence-corrected chi connectivity index (χ4v) is 1.74. The van der Waals surface area contributed by atoms with Gasteiger partial charge in [-0.3, -0.25) is 4.99 Å². The van der Waals surface area contributed by atoms with Crippen LogP contribution < -0.4 is 0 Å². The van der Waals surface area contributed by atoms with Crippen LogP contribution in [0.5, 0.6) is 0 Å². The van der Waals surface area contributed by atoms with E-state index >= 15 is 0 Å². The van der Waals surface area contributed by atoms with Crippen molar-refractivity contribution in [3.63, 3.8) is 0 Å². The van der Waals surface area contributed by atoms with Gasteiger partial charge >= 0.3 is 0 Å². The molecule has 0 bridgehead atoms. The van der Waals surface area contributed by atoms with Crippen LogP contribution in [0.4, 0.5) is 0 Å². The van der Waals surface area contributed by atoms with Gasteiger partial charge in [0, 0.05) is 16.9 Å². The Morgan fingerprint density at radius 3 is 2.46 bits per heavy atom. The summed E-state index contributed by atoms with van der Waals surface area (Å²) in [6.07, 6.45) is 1.85. The predicted octanol–water partition coefficient (Wildman–Crippen LogP) is 1.02. The summed E-state index contributed by atoms with van der Waals surface area (Å²) in [5.74, 6) is -0.236. The molecule has 0 fully saturated rings. The third-order valence-electron chi connectivity index (χ3n) is 1.87. The van der Waals surface area contributed by atoms with Crippen LogP contribution in [0.15, 0.2) is 16.1 Å². The molecule has 0 amide bonds. The number of nitrogens with zero attached hydrogens (tertiary/aromatic N) is 1. The molecule has 0 spiro atoms. The van der Waals surface area contributed by atoms with Crippen LogP contribution in [0, 0.1) is 5.92 Å². The molecule has 0 saturated heterocycles. The molecule has 0 radical (unpaired) electrons. The zero-order valence-corrected chi connectivity index (χ0v) is 8.71. The molecule has 13 heavy (non-hydrogen) atoms. The first-order valence-electron chi connectivity index (χ1n) is 4.24. The molecule has 0 saturated carbocycles. The Labute approximate surface area is 82.6 Å². The molecule has 0 aliphatic carbocycles. The van der Waals surface area contributed by atoms with Gasteiger partial charge < -0.3 is 10.2 Å². The lowest BCUT2D eigenvalue weighted by atomic mass is 10.1. The largest absolute Gasteiger partial charge is 0.396 e. The highest BCUT2D eigenvalue weighted by Crippen LogP contribution is 2.31. The molecule has 1 aliphatic rings. The third-order valence-corrected chi connectivity index (χ3v) is 2.94. The maximum Gasteiger partial charge on any atom is 0.0540 e. The van der Waals surface area contributed by atoms with Crippen molar-refractivity contribution >= 4 is 18.0 Å². The van der Waals surface area contributed by atoms with Crippen molar-refractivity contribution in [3.05, 3.63) is 11.1 Å². The Morgan fingerprint density at radius 2 is 2.08 bits per heavy atom. The van der Waals surface area contributed by atoms with Gasteiger partial charge in [0.1, 0.15) is 0 Å². The fourth-order valence-electron chi connectivity index (χ4n) is 0.950. The van der Waals surface area contributed by atoms with Gasteiger partial charge in [0.25, 0.3) is 0 Å². The number of hydrogen-bond acceptors (Lipinski definition) is 4. The maximum atomic E-state index is 8.92. The topological polar surface area (TPSA) is 52.8 Å². The van der Waals surface area contributed by atoms with Gasteiger partial charge in [-0.05, 0) is 19.3 Å². The van der Waals surface area contributed by atoms with Crippen LogP contribution in [0.3, 0.4) is 0 Å². The molecule has 2 N–H and O–H groups in total. The smallest absolute Gasteiger partial charge is 0.0540 e. The van der Waals surface area contributed by atoms with Crippen LogP contribution in [-0.4, -0.2) is 34.4 Å². The number of aliphatic hydroxyl groups excluding tert-OH is 2. The first-order chi connectivity index (χ1) is 6.09. The van der Waals surface area contributed by atoms with Crippen molar-refractivity contribution in [3.8, 4) is 0 Å². The Bertz CT molecular complexity index is 232. The highest BCUT2D eigenvalue weighted by atomic mass is 32.2. The lowest BCUT2D eigenvalue weighted by molar-refractivity contribution is 0.170. The van der Waals surface area contributed by atoms with Gasteiger partial charge in [0.05, 0.1) is 18.9 Å². The van der Waals surface area contributed by atoms with Crippen molar-refractivity contribution in [1.29, 1.82) is 0 Å². The number of thioether (sulfide) groups is 1. The summed E-state index contributed by atoms with van der Waals surface area (Å²) < 4.78 is 0.0267. The van der Waals surface area contributed by atoms with E-state index < -0.39 is 0 Å². The summed E-state index contributed by atoms with van der Waals surface area (Å²) in [5.41, 5.74) is 0.773. The minimum atomic E-state index is -0.236. The van der Waals surface area contributed by atoms with E-state index in [0.29, 0.717) is 0 Å². The molecule has 74 valence electrons. The van der Waals surface area contributed by atoms with E-state index in [0.717, 1.165) is 5.70 Å². The van der Waals surface area contributed by atoms with Crippen LogP contribution in [0.2, 0.25) is 0 Å². The lowest BCUT2D eigenvalue weighted by Crippen LogP contribution is -2.21. The third kappa shape index (κ3) is 2.83. The Hall–Kier alpha value is -0.320. The summed E-state index contributed by atoms with van der Waals surface area (Å²) in [5, 5.41) is 19.8. The number of hydrogen-bond donors (Lipinski definition) is 2. The SMILES string of the molecule is CC1(C)C=NC(C(CO)CO)=CS1. The molecule has 0 aromatic carbocycles.